The van der Waals surface area contributed by atoms with Crippen LogP contribution in [-0.4, -0.2) is 31.1 Å². The van der Waals surface area contributed by atoms with Gasteiger partial charge in [-0.1, -0.05) is 23.8 Å². The molecule has 0 saturated carbocycles. The zero-order chi connectivity index (χ0) is 12.6. The van der Waals surface area contributed by atoms with Gasteiger partial charge in [-0.3, -0.25) is 4.90 Å². The van der Waals surface area contributed by atoms with Gasteiger partial charge in [-0.15, -0.1) is 12.4 Å². The lowest BCUT2D eigenvalue weighted by molar-refractivity contribution is 0.268. The Morgan fingerprint density at radius 3 is 2.79 bits per heavy atom. The van der Waals surface area contributed by atoms with E-state index < -0.39 is 0 Å². The van der Waals surface area contributed by atoms with Crippen LogP contribution in [0.4, 0.5) is 0 Å². The van der Waals surface area contributed by atoms with E-state index in [-0.39, 0.29) is 12.4 Å². The fraction of sp³-hybridized carbons (Fsp3) is 0.625. The van der Waals surface area contributed by atoms with Crippen molar-refractivity contribution >= 4 is 12.4 Å². The summed E-state index contributed by atoms with van der Waals surface area (Å²) >= 11 is 0. The molecular weight excluding hydrogens is 256 g/mol. The van der Waals surface area contributed by atoms with Crippen molar-refractivity contribution in [3.05, 3.63) is 34.9 Å². The molecule has 1 spiro atoms. The summed E-state index contributed by atoms with van der Waals surface area (Å²) in [6.45, 7) is 10.6. The number of hydrogen-bond acceptors (Lipinski definition) is 2. The van der Waals surface area contributed by atoms with E-state index in [9.17, 15) is 0 Å². The quantitative estimate of drug-likeness (QED) is 0.896. The monoisotopic (exact) mass is 280 g/mol. The van der Waals surface area contributed by atoms with Crippen molar-refractivity contribution < 1.29 is 0 Å². The Morgan fingerprint density at radius 2 is 2.11 bits per heavy atom. The third-order valence-electron chi connectivity index (χ3n) is 4.74. The maximum atomic E-state index is 3.53. The molecule has 0 amide bonds. The van der Waals surface area contributed by atoms with Gasteiger partial charge in [0.15, 0.2) is 0 Å². The lowest BCUT2D eigenvalue weighted by Crippen LogP contribution is -2.29. The van der Waals surface area contributed by atoms with Crippen molar-refractivity contribution in [2.24, 2.45) is 5.41 Å². The van der Waals surface area contributed by atoms with Gasteiger partial charge in [-0.05, 0) is 56.3 Å². The van der Waals surface area contributed by atoms with Gasteiger partial charge >= 0.3 is 0 Å². The van der Waals surface area contributed by atoms with E-state index in [1.165, 1.54) is 55.7 Å². The summed E-state index contributed by atoms with van der Waals surface area (Å²) in [5.41, 5.74) is 4.91. The lowest BCUT2D eigenvalue weighted by atomic mass is 9.86. The number of aryl methyl sites for hydroxylation is 2. The number of nitrogens with one attached hydrogen (secondary N) is 1. The highest BCUT2D eigenvalue weighted by atomic mass is 35.5. The maximum absolute atomic E-state index is 3.53. The first kappa shape index (κ1) is 14.8. The van der Waals surface area contributed by atoms with E-state index in [2.05, 4.69) is 42.3 Å². The predicted octanol–water partition coefficient (Wildman–Crippen LogP) is 2.91. The summed E-state index contributed by atoms with van der Waals surface area (Å²) in [4.78, 5) is 2.64. The Kier molecular flexibility index (Phi) is 4.54. The molecule has 1 aromatic carbocycles. The van der Waals surface area contributed by atoms with E-state index >= 15 is 0 Å². The van der Waals surface area contributed by atoms with Crippen LogP contribution in [0.1, 0.15) is 29.5 Å². The van der Waals surface area contributed by atoms with Gasteiger partial charge in [-0.2, -0.15) is 0 Å². The summed E-state index contributed by atoms with van der Waals surface area (Å²) in [6, 6.07) is 6.85. The first-order chi connectivity index (χ1) is 8.67. The van der Waals surface area contributed by atoms with Crippen molar-refractivity contribution in [3.8, 4) is 0 Å². The topological polar surface area (TPSA) is 15.3 Å². The van der Waals surface area contributed by atoms with Crippen molar-refractivity contribution in [2.75, 3.05) is 26.2 Å². The summed E-state index contributed by atoms with van der Waals surface area (Å²) < 4.78 is 0. The predicted molar refractivity (Wildman–Crippen MR) is 83.0 cm³/mol. The minimum absolute atomic E-state index is 0. The van der Waals surface area contributed by atoms with Crippen molar-refractivity contribution in [2.45, 2.75) is 33.2 Å². The molecule has 0 radical (unpaired) electrons. The van der Waals surface area contributed by atoms with Crippen molar-refractivity contribution in [3.63, 3.8) is 0 Å². The van der Waals surface area contributed by atoms with Crippen molar-refractivity contribution in [1.29, 1.82) is 0 Å². The van der Waals surface area contributed by atoms with Gasteiger partial charge in [0, 0.05) is 19.6 Å². The highest BCUT2D eigenvalue weighted by Crippen LogP contribution is 2.36. The first-order valence-electron chi connectivity index (χ1n) is 7.16. The Balaban J connectivity index is 0.00000133. The highest BCUT2D eigenvalue weighted by molar-refractivity contribution is 5.85. The van der Waals surface area contributed by atoms with Crippen LogP contribution in [-0.2, 0) is 6.54 Å². The Morgan fingerprint density at radius 1 is 1.26 bits per heavy atom. The minimum atomic E-state index is 0. The molecule has 2 fully saturated rings. The van der Waals surface area contributed by atoms with Gasteiger partial charge in [-0.25, -0.2) is 0 Å². The van der Waals surface area contributed by atoms with Gasteiger partial charge in [0.1, 0.15) is 0 Å². The molecule has 1 unspecified atom stereocenters. The van der Waals surface area contributed by atoms with Crippen LogP contribution >= 0.6 is 12.4 Å². The summed E-state index contributed by atoms with van der Waals surface area (Å²) in [5, 5.41) is 3.53. The van der Waals surface area contributed by atoms with Crippen LogP contribution < -0.4 is 5.32 Å². The first-order valence-corrected chi connectivity index (χ1v) is 7.16. The zero-order valence-electron chi connectivity index (χ0n) is 12.0. The van der Waals surface area contributed by atoms with Crippen molar-refractivity contribution in [1.82, 2.24) is 10.2 Å². The Bertz CT molecular complexity index is 438. The second-order valence-corrected chi connectivity index (χ2v) is 6.32. The van der Waals surface area contributed by atoms with Crippen LogP contribution in [0.3, 0.4) is 0 Å². The molecule has 2 aliphatic rings. The summed E-state index contributed by atoms with van der Waals surface area (Å²) in [5.74, 6) is 0. The van der Waals surface area contributed by atoms with E-state index in [1.54, 1.807) is 0 Å². The highest BCUT2D eigenvalue weighted by Gasteiger charge is 2.40. The van der Waals surface area contributed by atoms with Gasteiger partial charge in [0.25, 0.3) is 0 Å². The average molecular weight is 281 g/mol. The Hall–Kier alpha value is -0.570. The number of benzene rings is 1. The lowest BCUT2D eigenvalue weighted by Gasteiger charge is -2.23. The smallest absolute Gasteiger partial charge is 0.0236 e. The number of rotatable bonds is 2. The summed E-state index contributed by atoms with van der Waals surface area (Å²) in [6.07, 6.45) is 2.75. The van der Waals surface area contributed by atoms with E-state index in [1.807, 2.05) is 0 Å². The third-order valence-corrected chi connectivity index (χ3v) is 4.74. The molecule has 3 rings (SSSR count). The SMILES string of the molecule is Cc1ccc(CN2CCC3(CCNC3)C2)c(C)c1.Cl. The van der Waals surface area contributed by atoms with E-state index in [4.69, 9.17) is 0 Å². The molecule has 1 N–H and O–H groups in total. The molecule has 2 aliphatic heterocycles. The molecule has 0 bridgehead atoms. The molecule has 106 valence electrons. The molecule has 2 heterocycles. The fourth-order valence-corrected chi connectivity index (χ4v) is 3.57. The van der Waals surface area contributed by atoms with Crippen LogP contribution in [0.25, 0.3) is 0 Å². The number of nitrogens with zero attached hydrogens (tertiary/aromatic N) is 1. The average Bonchev–Trinajstić information content (AvgIpc) is 2.94. The number of likely N-dealkylation sites (tertiary alicyclic amines) is 1. The minimum Gasteiger partial charge on any atom is -0.316 e. The van der Waals surface area contributed by atoms with E-state index in [0.717, 1.165) is 6.54 Å². The molecule has 0 aliphatic carbocycles. The van der Waals surface area contributed by atoms with Gasteiger partial charge < -0.3 is 5.32 Å². The standard InChI is InChI=1S/C16H24N2.ClH/c1-13-3-4-15(14(2)9-13)10-18-8-6-16(12-18)5-7-17-11-16;/h3-4,9,17H,5-8,10-12H2,1-2H3;1H. The molecule has 0 aromatic heterocycles. The summed E-state index contributed by atoms with van der Waals surface area (Å²) in [7, 11) is 0. The number of hydrogen-bond donors (Lipinski definition) is 1. The van der Waals surface area contributed by atoms with Gasteiger partial charge in [0.2, 0.25) is 0 Å². The van der Waals surface area contributed by atoms with Gasteiger partial charge in [0.05, 0.1) is 0 Å². The molecule has 1 aromatic rings. The zero-order valence-corrected chi connectivity index (χ0v) is 12.9. The second kappa shape index (κ2) is 5.82. The molecule has 3 heteroatoms. The third kappa shape index (κ3) is 3.13. The molecule has 2 nitrogen and oxygen atoms in total. The normalized spacial score (nSPS) is 26.8. The van der Waals surface area contributed by atoms with Crippen LogP contribution in [0.5, 0.6) is 0 Å². The second-order valence-electron chi connectivity index (χ2n) is 6.32. The fourth-order valence-electron chi connectivity index (χ4n) is 3.57. The van der Waals surface area contributed by atoms with Crippen LogP contribution in [0.2, 0.25) is 0 Å². The van der Waals surface area contributed by atoms with Crippen LogP contribution in [0, 0.1) is 19.3 Å². The largest absolute Gasteiger partial charge is 0.316 e. The molecule has 19 heavy (non-hydrogen) atoms. The van der Waals surface area contributed by atoms with Crippen LogP contribution in [0.15, 0.2) is 18.2 Å². The molecular formula is C16H25ClN2. The number of halogens is 1. The Labute approximate surface area is 123 Å². The maximum Gasteiger partial charge on any atom is 0.0236 e. The van der Waals surface area contributed by atoms with E-state index in [0.29, 0.717) is 5.41 Å². The molecule has 1 atom stereocenters. The molecule has 2 saturated heterocycles.